The molecule has 0 aliphatic rings. The number of aromatic nitrogens is 1. The Morgan fingerprint density at radius 2 is 2.06 bits per heavy atom. The van der Waals surface area contributed by atoms with Crippen molar-refractivity contribution in [2.75, 3.05) is 5.75 Å². The molecule has 1 aromatic rings. The average molecular weight is 292 g/mol. The summed E-state index contributed by atoms with van der Waals surface area (Å²) in [4.78, 5) is 15.0. The molecule has 5 nitrogen and oxygen atoms in total. The Hall–Kier alpha value is -1.14. The van der Waals surface area contributed by atoms with Crippen molar-refractivity contribution in [2.45, 2.75) is 31.3 Å². The highest BCUT2D eigenvalue weighted by molar-refractivity contribution is 7.92. The van der Waals surface area contributed by atoms with Gasteiger partial charge < -0.3 is 4.74 Å². The molecular weight excluding hydrogens is 278 g/mol. The zero-order valence-corrected chi connectivity index (χ0v) is 11.9. The third kappa shape index (κ3) is 4.27. The van der Waals surface area contributed by atoms with Crippen LogP contribution in [0.2, 0.25) is 5.15 Å². The van der Waals surface area contributed by atoms with Crippen molar-refractivity contribution in [1.29, 1.82) is 0 Å². The molecule has 0 bridgehead atoms. The van der Waals surface area contributed by atoms with Crippen LogP contribution in [0.25, 0.3) is 0 Å². The summed E-state index contributed by atoms with van der Waals surface area (Å²) in [6, 6.07) is 2.74. The molecule has 1 aromatic heterocycles. The van der Waals surface area contributed by atoms with Gasteiger partial charge in [-0.15, -0.1) is 0 Å². The lowest BCUT2D eigenvalue weighted by molar-refractivity contribution is -0.151. The zero-order valence-electron chi connectivity index (χ0n) is 10.3. The summed E-state index contributed by atoms with van der Waals surface area (Å²) in [6.07, 6.45) is 1.37. The summed E-state index contributed by atoms with van der Waals surface area (Å²) < 4.78 is 28.8. The number of carbonyl (C=O) groups excluding carboxylic acids is 1. The first kappa shape index (κ1) is 14.9. The second-order valence-electron chi connectivity index (χ2n) is 4.64. The van der Waals surface area contributed by atoms with E-state index in [0.29, 0.717) is 0 Å². The number of sulfone groups is 1. The van der Waals surface area contributed by atoms with Gasteiger partial charge in [0.15, 0.2) is 15.6 Å². The number of rotatable bonds is 3. The minimum atomic E-state index is -3.83. The molecule has 0 spiro atoms. The van der Waals surface area contributed by atoms with Crippen LogP contribution in [0.4, 0.5) is 0 Å². The van der Waals surface area contributed by atoms with Crippen LogP contribution in [-0.2, 0) is 19.4 Å². The molecule has 0 amide bonds. The Morgan fingerprint density at radius 1 is 1.44 bits per heavy atom. The van der Waals surface area contributed by atoms with Crippen molar-refractivity contribution in [3.05, 3.63) is 23.5 Å². The predicted octanol–water partition coefficient (Wildman–Crippen LogP) is 1.85. The van der Waals surface area contributed by atoms with E-state index < -0.39 is 27.2 Å². The highest BCUT2D eigenvalue weighted by Crippen LogP contribution is 2.20. The lowest BCUT2D eigenvalue weighted by Crippen LogP contribution is -2.28. The summed E-state index contributed by atoms with van der Waals surface area (Å²) in [7, 11) is -3.83. The van der Waals surface area contributed by atoms with Gasteiger partial charge in [-0.05, 0) is 32.9 Å². The van der Waals surface area contributed by atoms with Gasteiger partial charge in [-0.1, -0.05) is 11.6 Å². The van der Waals surface area contributed by atoms with Crippen LogP contribution in [0.15, 0.2) is 23.2 Å². The van der Waals surface area contributed by atoms with E-state index in [2.05, 4.69) is 4.98 Å². The van der Waals surface area contributed by atoms with Crippen molar-refractivity contribution < 1.29 is 17.9 Å². The van der Waals surface area contributed by atoms with Crippen LogP contribution < -0.4 is 0 Å². The third-order valence-electron chi connectivity index (χ3n) is 1.79. The molecule has 0 radical (unpaired) electrons. The van der Waals surface area contributed by atoms with Crippen LogP contribution in [-0.4, -0.2) is 30.7 Å². The summed E-state index contributed by atoms with van der Waals surface area (Å²) in [5.41, 5.74) is -0.731. The van der Waals surface area contributed by atoms with Crippen LogP contribution in [0.3, 0.4) is 0 Å². The maximum absolute atomic E-state index is 11.9. The summed E-state index contributed by atoms with van der Waals surface area (Å²) in [5, 5.41) is -0.152. The molecule has 0 fully saturated rings. The van der Waals surface area contributed by atoms with E-state index in [9.17, 15) is 13.2 Å². The molecule has 0 N–H and O–H groups in total. The number of pyridine rings is 1. The number of esters is 1. The topological polar surface area (TPSA) is 73.3 Å². The number of hydrogen-bond acceptors (Lipinski definition) is 5. The standard InChI is InChI=1S/C11H14ClNO4S/c1-11(2,3)17-9(14)7-18(15,16)8-5-4-6-13-10(8)12/h4-6H,7H2,1-3H3. The summed E-state index contributed by atoms with van der Waals surface area (Å²) >= 11 is 5.68. The van der Waals surface area contributed by atoms with Crippen molar-refractivity contribution in [1.82, 2.24) is 4.98 Å². The zero-order chi connectivity index (χ0) is 14.0. The highest BCUT2D eigenvalue weighted by Gasteiger charge is 2.26. The molecule has 0 aromatic carbocycles. The van der Waals surface area contributed by atoms with Gasteiger partial charge in [0.05, 0.1) is 0 Å². The fraction of sp³-hybridized carbons (Fsp3) is 0.455. The van der Waals surface area contributed by atoms with E-state index in [0.717, 1.165) is 0 Å². The number of halogens is 1. The number of carbonyl (C=O) groups is 1. The summed E-state index contributed by atoms with van der Waals surface area (Å²) in [5.74, 6) is -1.57. The predicted molar refractivity (Wildman–Crippen MR) is 67.1 cm³/mol. The molecule has 0 saturated carbocycles. The van der Waals surface area contributed by atoms with Gasteiger partial charge in [0.25, 0.3) is 0 Å². The molecule has 0 aliphatic heterocycles. The molecule has 18 heavy (non-hydrogen) atoms. The SMILES string of the molecule is CC(C)(C)OC(=O)CS(=O)(=O)c1cccnc1Cl. The first-order valence-corrected chi connectivity index (χ1v) is 7.20. The van der Waals surface area contributed by atoms with Crippen LogP contribution in [0.1, 0.15) is 20.8 Å². The number of hydrogen-bond donors (Lipinski definition) is 0. The van der Waals surface area contributed by atoms with Gasteiger partial charge in [-0.3, -0.25) is 4.79 Å². The Morgan fingerprint density at radius 3 is 2.56 bits per heavy atom. The maximum atomic E-state index is 11.9. The highest BCUT2D eigenvalue weighted by atomic mass is 35.5. The summed E-state index contributed by atoms with van der Waals surface area (Å²) in [6.45, 7) is 4.98. The fourth-order valence-corrected chi connectivity index (χ4v) is 2.80. The van der Waals surface area contributed by atoms with Gasteiger partial charge in [-0.2, -0.15) is 0 Å². The minimum Gasteiger partial charge on any atom is -0.459 e. The van der Waals surface area contributed by atoms with Crippen LogP contribution in [0, 0.1) is 0 Å². The van der Waals surface area contributed by atoms with Gasteiger partial charge in [0.1, 0.15) is 15.6 Å². The Balaban J connectivity index is 2.91. The average Bonchev–Trinajstić information content (AvgIpc) is 2.13. The monoisotopic (exact) mass is 291 g/mol. The first-order valence-electron chi connectivity index (χ1n) is 5.17. The molecule has 100 valence electrons. The largest absolute Gasteiger partial charge is 0.459 e. The first-order chi connectivity index (χ1) is 8.12. The molecule has 0 aliphatic carbocycles. The molecule has 0 saturated heterocycles. The number of nitrogens with zero attached hydrogens (tertiary/aromatic N) is 1. The van der Waals surface area contributed by atoms with Gasteiger partial charge in [0.2, 0.25) is 0 Å². The van der Waals surface area contributed by atoms with Crippen molar-refractivity contribution in [3.8, 4) is 0 Å². The van der Waals surface area contributed by atoms with E-state index in [-0.39, 0.29) is 10.0 Å². The maximum Gasteiger partial charge on any atom is 0.322 e. The lowest BCUT2D eigenvalue weighted by Gasteiger charge is -2.19. The lowest BCUT2D eigenvalue weighted by atomic mass is 10.2. The molecule has 0 unspecified atom stereocenters. The second kappa shape index (κ2) is 5.24. The Kier molecular flexibility index (Phi) is 4.34. The smallest absolute Gasteiger partial charge is 0.322 e. The second-order valence-corrected chi connectivity index (χ2v) is 6.95. The van der Waals surface area contributed by atoms with E-state index in [4.69, 9.17) is 16.3 Å². The Bertz CT molecular complexity index is 548. The molecule has 7 heteroatoms. The van der Waals surface area contributed by atoms with E-state index >= 15 is 0 Å². The van der Waals surface area contributed by atoms with Gasteiger partial charge in [0, 0.05) is 6.20 Å². The van der Waals surface area contributed by atoms with Crippen molar-refractivity contribution >= 4 is 27.4 Å². The molecule has 0 atom stereocenters. The molecule has 1 heterocycles. The van der Waals surface area contributed by atoms with E-state index in [1.807, 2.05) is 0 Å². The molecular formula is C11H14ClNO4S. The van der Waals surface area contributed by atoms with Crippen molar-refractivity contribution in [3.63, 3.8) is 0 Å². The van der Waals surface area contributed by atoms with Crippen LogP contribution >= 0.6 is 11.6 Å². The third-order valence-corrected chi connectivity index (χ3v) is 3.82. The van der Waals surface area contributed by atoms with Gasteiger partial charge >= 0.3 is 5.97 Å². The normalized spacial score (nSPS) is 12.2. The van der Waals surface area contributed by atoms with E-state index in [1.165, 1.54) is 18.3 Å². The van der Waals surface area contributed by atoms with E-state index in [1.54, 1.807) is 20.8 Å². The van der Waals surface area contributed by atoms with Crippen LogP contribution in [0.5, 0.6) is 0 Å². The fourth-order valence-electron chi connectivity index (χ4n) is 1.21. The number of ether oxygens (including phenoxy) is 1. The quantitative estimate of drug-likeness (QED) is 0.628. The van der Waals surface area contributed by atoms with Crippen molar-refractivity contribution in [2.24, 2.45) is 0 Å². The Labute approximate surface area is 111 Å². The minimum absolute atomic E-state index is 0.152. The molecule has 1 rings (SSSR count). The van der Waals surface area contributed by atoms with Gasteiger partial charge in [-0.25, -0.2) is 13.4 Å².